The third-order valence-electron chi connectivity index (χ3n) is 4.80. The number of carbonyl (C=O) groups excluding carboxylic acids is 1. The van der Waals surface area contributed by atoms with E-state index in [4.69, 9.17) is 9.47 Å². The number of amides is 1. The minimum absolute atomic E-state index is 0.0338. The molecule has 126 valence electrons. The van der Waals surface area contributed by atoms with Crippen LogP contribution in [0.25, 0.3) is 0 Å². The first kappa shape index (κ1) is 16.2. The highest BCUT2D eigenvalue weighted by molar-refractivity contribution is 5.94. The van der Waals surface area contributed by atoms with Gasteiger partial charge < -0.3 is 19.9 Å². The SMILES string of the molecule is O=C(N[C@H]1CCOC[C@H]1C1CCOCC1)c1ccc(F)c(O)c1. The lowest BCUT2D eigenvalue weighted by atomic mass is 9.79. The summed E-state index contributed by atoms with van der Waals surface area (Å²) in [6.45, 7) is 2.78. The summed E-state index contributed by atoms with van der Waals surface area (Å²) < 4.78 is 24.1. The largest absolute Gasteiger partial charge is 0.505 e. The van der Waals surface area contributed by atoms with Crippen LogP contribution in [0.5, 0.6) is 5.75 Å². The van der Waals surface area contributed by atoms with E-state index in [1.165, 1.54) is 6.07 Å². The predicted molar refractivity (Wildman–Crippen MR) is 81.8 cm³/mol. The molecule has 6 heteroatoms. The van der Waals surface area contributed by atoms with E-state index in [0.717, 1.165) is 44.6 Å². The van der Waals surface area contributed by atoms with E-state index in [1.807, 2.05) is 0 Å². The van der Waals surface area contributed by atoms with Crippen molar-refractivity contribution in [3.8, 4) is 5.75 Å². The molecule has 3 rings (SSSR count). The van der Waals surface area contributed by atoms with Gasteiger partial charge in [-0.15, -0.1) is 0 Å². The number of hydrogen-bond donors (Lipinski definition) is 2. The Balaban J connectivity index is 1.68. The minimum atomic E-state index is -0.729. The first-order valence-electron chi connectivity index (χ1n) is 8.10. The molecule has 0 unspecified atom stereocenters. The number of phenols is 1. The molecule has 2 saturated heterocycles. The summed E-state index contributed by atoms with van der Waals surface area (Å²) >= 11 is 0. The lowest BCUT2D eigenvalue weighted by molar-refractivity contribution is -0.0259. The second-order valence-corrected chi connectivity index (χ2v) is 6.22. The standard InChI is InChI=1S/C17H22FNO4/c18-14-2-1-12(9-16(14)20)17(21)19-15-5-8-23-10-13(15)11-3-6-22-7-4-11/h1-2,9,11,13,15,20H,3-8,10H2,(H,19,21)/t13-,15-/m0/s1. The fourth-order valence-corrected chi connectivity index (χ4v) is 3.45. The number of benzene rings is 1. The Bertz CT molecular complexity index is 560. The molecule has 1 aromatic rings. The molecule has 1 aromatic carbocycles. The van der Waals surface area contributed by atoms with Gasteiger partial charge in [0.2, 0.25) is 0 Å². The molecule has 2 aliphatic rings. The molecule has 2 fully saturated rings. The normalized spacial score (nSPS) is 26.0. The molecule has 2 N–H and O–H groups in total. The van der Waals surface area contributed by atoms with Crippen molar-refractivity contribution in [2.24, 2.45) is 11.8 Å². The van der Waals surface area contributed by atoms with Crippen LogP contribution < -0.4 is 5.32 Å². The molecule has 5 nitrogen and oxygen atoms in total. The van der Waals surface area contributed by atoms with Crippen LogP contribution in [-0.2, 0) is 9.47 Å². The molecule has 0 aliphatic carbocycles. The number of halogens is 1. The zero-order valence-corrected chi connectivity index (χ0v) is 13.0. The van der Waals surface area contributed by atoms with Gasteiger partial charge in [-0.05, 0) is 43.4 Å². The quantitative estimate of drug-likeness (QED) is 0.894. The Morgan fingerprint density at radius 1 is 1.17 bits per heavy atom. The average molecular weight is 323 g/mol. The highest BCUT2D eigenvalue weighted by atomic mass is 19.1. The van der Waals surface area contributed by atoms with E-state index in [-0.39, 0.29) is 23.4 Å². The summed E-state index contributed by atoms with van der Waals surface area (Å²) in [4.78, 5) is 12.4. The summed E-state index contributed by atoms with van der Waals surface area (Å²) in [5.74, 6) is -0.774. The summed E-state index contributed by atoms with van der Waals surface area (Å²) in [7, 11) is 0. The Morgan fingerprint density at radius 2 is 1.91 bits per heavy atom. The van der Waals surface area contributed by atoms with E-state index in [0.29, 0.717) is 19.1 Å². The molecule has 2 aliphatic heterocycles. The van der Waals surface area contributed by atoms with Crippen LogP contribution >= 0.6 is 0 Å². The molecule has 0 saturated carbocycles. The van der Waals surface area contributed by atoms with Crippen molar-refractivity contribution < 1.29 is 23.8 Å². The summed E-state index contributed by atoms with van der Waals surface area (Å²) in [6.07, 6.45) is 2.73. The maximum Gasteiger partial charge on any atom is 0.251 e. The van der Waals surface area contributed by atoms with Crippen molar-refractivity contribution in [3.63, 3.8) is 0 Å². The van der Waals surface area contributed by atoms with Gasteiger partial charge in [0.15, 0.2) is 11.6 Å². The van der Waals surface area contributed by atoms with Gasteiger partial charge in [-0.3, -0.25) is 4.79 Å². The summed E-state index contributed by atoms with van der Waals surface area (Å²) in [5, 5.41) is 12.5. The molecular weight excluding hydrogens is 301 g/mol. The Kier molecular flexibility index (Phi) is 5.13. The number of nitrogens with one attached hydrogen (secondary N) is 1. The van der Waals surface area contributed by atoms with Crippen molar-refractivity contribution in [1.29, 1.82) is 0 Å². The molecule has 0 aromatic heterocycles. The van der Waals surface area contributed by atoms with Gasteiger partial charge in [-0.2, -0.15) is 0 Å². The van der Waals surface area contributed by atoms with Gasteiger partial charge in [-0.1, -0.05) is 0 Å². The van der Waals surface area contributed by atoms with Gasteiger partial charge in [0.05, 0.1) is 6.61 Å². The van der Waals surface area contributed by atoms with Crippen molar-refractivity contribution in [3.05, 3.63) is 29.6 Å². The van der Waals surface area contributed by atoms with Crippen molar-refractivity contribution in [2.75, 3.05) is 26.4 Å². The number of aromatic hydroxyl groups is 1. The number of ether oxygens (including phenoxy) is 2. The van der Waals surface area contributed by atoms with Gasteiger partial charge in [0, 0.05) is 37.3 Å². The Morgan fingerprint density at radius 3 is 2.65 bits per heavy atom. The average Bonchev–Trinajstić information content (AvgIpc) is 2.58. The first-order valence-corrected chi connectivity index (χ1v) is 8.10. The molecule has 0 radical (unpaired) electrons. The molecular formula is C17H22FNO4. The molecule has 2 atom stereocenters. The van der Waals surface area contributed by atoms with Crippen molar-refractivity contribution >= 4 is 5.91 Å². The molecule has 23 heavy (non-hydrogen) atoms. The second-order valence-electron chi connectivity index (χ2n) is 6.22. The third kappa shape index (κ3) is 3.82. The molecule has 0 bridgehead atoms. The van der Waals surface area contributed by atoms with Crippen LogP contribution in [0.15, 0.2) is 18.2 Å². The minimum Gasteiger partial charge on any atom is -0.505 e. The van der Waals surface area contributed by atoms with Gasteiger partial charge in [0.25, 0.3) is 5.91 Å². The maximum absolute atomic E-state index is 13.1. The monoisotopic (exact) mass is 323 g/mol. The lowest BCUT2D eigenvalue weighted by Gasteiger charge is -2.39. The van der Waals surface area contributed by atoms with Crippen LogP contribution in [0.1, 0.15) is 29.6 Å². The van der Waals surface area contributed by atoms with Crippen LogP contribution in [-0.4, -0.2) is 43.5 Å². The molecule has 2 heterocycles. The van der Waals surface area contributed by atoms with Crippen LogP contribution in [0.4, 0.5) is 4.39 Å². The summed E-state index contributed by atoms with van der Waals surface area (Å²) in [5.41, 5.74) is 0.265. The van der Waals surface area contributed by atoms with E-state index >= 15 is 0 Å². The third-order valence-corrected chi connectivity index (χ3v) is 4.80. The maximum atomic E-state index is 13.1. The lowest BCUT2D eigenvalue weighted by Crippen LogP contribution is -2.49. The number of carbonyl (C=O) groups is 1. The number of hydrogen-bond acceptors (Lipinski definition) is 4. The van der Waals surface area contributed by atoms with Crippen LogP contribution in [0, 0.1) is 17.7 Å². The highest BCUT2D eigenvalue weighted by Gasteiger charge is 2.34. The van der Waals surface area contributed by atoms with E-state index in [2.05, 4.69) is 5.32 Å². The van der Waals surface area contributed by atoms with Crippen molar-refractivity contribution in [1.82, 2.24) is 5.32 Å². The van der Waals surface area contributed by atoms with E-state index < -0.39 is 11.6 Å². The first-order chi connectivity index (χ1) is 11.1. The molecule has 0 spiro atoms. The second kappa shape index (κ2) is 7.27. The highest BCUT2D eigenvalue weighted by Crippen LogP contribution is 2.30. The smallest absolute Gasteiger partial charge is 0.251 e. The summed E-state index contributed by atoms with van der Waals surface area (Å²) in [6, 6.07) is 3.68. The Labute approximate surface area is 134 Å². The molecule has 1 amide bonds. The van der Waals surface area contributed by atoms with Gasteiger partial charge in [0.1, 0.15) is 0 Å². The van der Waals surface area contributed by atoms with E-state index in [9.17, 15) is 14.3 Å². The van der Waals surface area contributed by atoms with Crippen LogP contribution in [0.2, 0.25) is 0 Å². The zero-order valence-electron chi connectivity index (χ0n) is 13.0. The Hall–Kier alpha value is -1.66. The number of phenolic OH excluding ortho intramolecular Hbond substituents is 1. The zero-order chi connectivity index (χ0) is 16.2. The van der Waals surface area contributed by atoms with Crippen LogP contribution in [0.3, 0.4) is 0 Å². The van der Waals surface area contributed by atoms with Crippen molar-refractivity contribution in [2.45, 2.75) is 25.3 Å². The van der Waals surface area contributed by atoms with Gasteiger partial charge in [-0.25, -0.2) is 4.39 Å². The van der Waals surface area contributed by atoms with Gasteiger partial charge >= 0.3 is 0 Å². The fraction of sp³-hybridized carbons (Fsp3) is 0.588. The van der Waals surface area contributed by atoms with E-state index in [1.54, 1.807) is 0 Å². The number of rotatable bonds is 3. The predicted octanol–water partition coefficient (Wildman–Crippen LogP) is 2.09. The fourth-order valence-electron chi connectivity index (χ4n) is 3.45. The topological polar surface area (TPSA) is 67.8 Å².